The highest BCUT2D eigenvalue weighted by molar-refractivity contribution is 7.56. The molecule has 0 spiro atoms. The Hall–Kier alpha value is -0.630. The first-order chi connectivity index (χ1) is 11.9. The molecule has 1 heterocycles. The van der Waals surface area contributed by atoms with E-state index in [1.54, 1.807) is 0 Å². The van der Waals surface area contributed by atoms with Crippen LogP contribution in [0.4, 0.5) is 0 Å². The largest absolute Gasteiger partial charge is 0.308 e. The van der Waals surface area contributed by atoms with Gasteiger partial charge in [0.05, 0.1) is 17.8 Å². The van der Waals surface area contributed by atoms with Crippen LogP contribution >= 0.6 is 7.52 Å². The smallest absolute Gasteiger partial charge is 0.278 e. The van der Waals surface area contributed by atoms with Crippen molar-refractivity contribution in [2.45, 2.75) is 84.7 Å². The first-order valence-electron chi connectivity index (χ1n) is 10.0. The lowest BCUT2D eigenvalue weighted by Crippen LogP contribution is -2.55. The fourth-order valence-corrected chi connectivity index (χ4v) is 10.1. The first kappa shape index (κ1) is 18.7. The van der Waals surface area contributed by atoms with E-state index in [0.29, 0.717) is 12.1 Å². The highest BCUT2D eigenvalue weighted by atomic mass is 31.2. The third kappa shape index (κ3) is 2.11. The standard InChI is InChI=1S/C22H34NO2P/c1-19(2,3)23-18-17-13-14-21(6,20(17,4)5)22(18,7)25-26(23,24)15-16-11-9-8-10-12-16/h8-12,17-18H,13-15H2,1-7H3/t17-,18-,21-,22-,26+/m1/s1. The molecule has 1 aliphatic heterocycles. The molecule has 0 aromatic heterocycles. The average molecular weight is 375 g/mol. The fourth-order valence-electron chi connectivity index (χ4n) is 6.57. The minimum Gasteiger partial charge on any atom is -0.308 e. The summed E-state index contributed by atoms with van der Waals surface area (Å²) in [5, 5.41) is 0. The molecular formula is C22H34NO2P. The van der Waals surface area contributed by atoms with Crippen LogP contribution in [0.25, 0.3) is 0 Å². The van der Waals surface area contributed by atoms with Gasteiger partial charge in [-0.05, 0) is 57.4 Å². The summed E-state index contributed by atoms with van der Waals surface area (Å²) in [5.74, 6) is 0.531. The predicted molar refractivity (Wildman–Crippen MR) is 107 cm³/mol. The maximum Gasteiger partial charge on any atom is 0.278 e. The highest BCUT2D eigenvalue weighted by Gasteiger charge is 2.79. The van der Waals surface area contributed by atoms with E-state index >= 15 is 0 Å². The summed E-state index contributed by atoms with van der Waals surface area (Å²) in [5.41, 5.74) is 0.821. The molecular weight excluding hydrogens is 341 g/mol. The van der Waals surface area contributed by atoms with Gasteiger partial charge in [-0.15, -0.1) is 0 Å². The van der Waals surface area contributed by atoms with Crippen LogP contribution in [0.5, 0.6) is 0 Å². The molecule has 4 rings (SSSR count). The zero-order valence-electron chi connectivity index (χ0n) is 17.4. The minimum absolute atomic E-state index is 0.0572. The van der Waals surface area contributed by atoms with E-state index < -0.39 is 7.52 Å². The SMILES string of the molecule is CC(C)(C)N1[C@@H]2[C@H]3CC[C@](C)(C3(C)C)[C@]2(C)O[P@@]1(=O)Cc1ccccc1. The van der Waals surface area contributed by atoms with Crippen molar-refractivity contribution >= 4 is 7.52 Å². The second-order valence-corrected chi connectivity index (χ2v) is 12.8. The third-order valence-electron chi connectivity index (χ3n) is 8.18. The summed E-state index contributed by atoms with van der Waals surface area (Å²) in [7, 11) is -2.97. The average Bonchev–Trinajstić information content (AvgIpc) is 2.93. The van der Waals surface area contributed by atoms with Gasteiger partial charge >= 0.3 is 0 Å². The minimum atomic E-state index is -2.97. The van der Waals surface area contributed by atoms with Gasteiger partial charge < -0.3 is 4.52 Å². The molecule has 0 unspecified atom stereocenters. The number of hydrogen-bond acceptors (Lipinski definition) is 2. The number of fused-ring (bicyclic) bond motifs is 5. The van der Waals surface area contributed by atoms with Crippen molar-refractivity contribution in [1.82, 2.24) is 4.67 Å². The van der Waals surface area contributed by atoms with Gasteiger partial charge in [0.2, 0.25) is 0 Å². The van der Waals surface area contributed by atoms with Gasteiger partial charge in [0.25, 0.3) is 7.52 Å². The van der Waals surface area contributed by atoms with E-state index in [1.807, 2.05) is 18.2 Å². The van der Waals surface area contributed by atoms with E-state index in [2.05, 4.69) is 65.3 Å². The first-order valence-corrected chi connectivity index (χ1v) is 11.8. The number of rotatable bonds is 2. The van der Waals surface area contributed by atoms with Gasteiger partial charge in [0, 0.05) is 11.0 Å². The summed E-state index contributed by atoms with van der Waals surface area (Å²) >= 11 is 0. The van der Waals surface area contributed by atoms with Gasteiger partial charge in [-0.25, -0.2) is 4.67 Å². The molecule has 1 saturated heterocycles. The summed E-state index contributed by atoms with van der Waals surface area (Å²) in [6, 6.07) is 10.4. The molecule has 3 nitrogen and oxygen atoms in total. The summed E-state index contributed by atoms with van der Waals surface area (Å²) in [4.78, 5) is 0. The molecule has 0 amide bonds. The van der Waals surface area contributed by atoms with Crippen LogP contribution in [0.2, 0.25) is 0 Å². The van der Waals surface area contributed by atoms with Crippen LogP contribution in [0.15, 0.2) is 30.3 Å². The van der Waals surface area contributed by atoms with Crippen molar-refractivity contribution < 1.29 is 9.09 Å². The lowest BCUT2D eigenvalue weighted by Gasteiger charge is -2.45. The highest BCUT2D eigenvalue weighted by Crippen LogP contribution is 2.81. The zero-order chi connectivity index (χ0) is 19.2. The van der Waals surface area contributed by atoms with Crippen molar-refractivity contribution in [2.24, 2.45) is 16.7 Å². The van der Waals surface area contributed by atoms with Crippen LogP contribution in [-0.4, -0.2) is 21.9 Å². The van der Waals surface area contributed by atoms with E-state index in [9.17, 15) is 4.57 Å². The third-order valence-corrected chi connectivity index (χ3v) is 11.1. The van der Waals surface area contributed by atoms with Crippen LogP contribution in [-0.2, 0) is 15.3 Å². The summed E-state index contributed by atoms with van der Waals surface area (Å²) in [6.45, 7) is 16.0. The normalized spacial score (nSPS) is 44.4. The molecule has 2 bridgehead atoms. The molecule has 4 heteroatoms. The number of hydrogen-bond donors (Lipinski definition) is 0. The van der Waals surface area contributed by atoms with E-state index in [1.165, 1.54) is 12.8 Å². The van der Waals surface area contributed by atoms with E-state index in [4.69, 9.17) is 4.52 Å². The van der Waals surface area contributed by atoms with Crippen molar-refractivity contribution in [2.75, 3.05) is 0 Å². The quantitative estimate of drug-likeness (QED) is 0.586. The number of nitrogens with zero attached hydrogens (tertiary/aromatic N) is 1. The van der Waals surface area contributed by atoms with Gasteiger partial charge in [-0.3, -0.25) is 4.57 Å². The Morgan fingerprint density at radius 1 is 1.15 bits per heavy atom. The number of benzene rings is 1. The van der Waals surface area contributed by atoms with Crippen LogP contribution in [0, 0.1) is 16.7 Å². The second kappa shape index (κ2) is 5.25. The van der Waals surface area contributed by atoms with Crippen LogP contribution < -0.4 is 0 Å². The fraction of sp³-hybridized carbons (Fsp3) is 0.727. The molecule has 5 atom stereocenters. The lowest BCUT2D eigenvalue weighted by molar-refractivity contribution is -0.0538. The Morgan fingerprint density at radius 3 is 2.35 bits per heavy atom. The predicted octanol–water partition coefficient (Wildman–Crippen LogP) is 6.09. The zero-order valence-corrected chi connectivity index (χ0v) is 18.3. The Balaban J connectivity index is 1.84. The van der Waals surface area contributed by atoms with Gasteiger partial charge in [-0.2, -0.15) is 0 Å². The molecule has 0 N–H and O–H groups in total. The van der Waals surface area contributed by atoms with Crippen molar-refractivity contribution in [3.8, 4) is 0 Å². The topological polar surface area (TPSA) is 29.5 Å². The van der Waals surface area contributed by atoms with E-state index in [-0.39, 0.29) is 28.0 Å². The molecule has 2 aliphatic carbocycles. The maximum atomic E-state index is 14.4. The van der Waals surface area contributed by atoms with Crippen molar-refractivity contribution in [3.63, 3.8) is 0 Å². The molecule has 3 fully saturated rings. The van der Waals surface area contributed by atoms with Crippen LogP contribution in [0.1, 0.15) is 66.9 Å². The summed E-state index contributed by atoms with van der Waals surface area (Å²) < 4.78 is 23.4. The molecule has 144 valence electrons. The van der Waals surface area contributed by atoms with Crippen molar-refractivity contribution in [1.29, 1.82) is 0 Å². The molecule has 1 aromatic rings. The summed E-state index contributed by atoms with van der Waals surface area (Å²) in [6.07, 6.45) is 2.88. The van der Waals surface area contributed by atoms with Gasteiger partial charge in [-0.1, -0.05) is 51.1 Å². The Labute approximate surface area is 159 Å². The maximum absolute atomic E-state index is 14.4. The monoisotopic (exact) mass is 375 g/mol. The molecule has 3 aliphatic rings. The Morgan fingerprint density at radius 2 is 1.77 bits per heavy atom. The Bertz CT molecular complexity index is 768. The van der Waals surface area contributed by atoms with Crippen LogP contribution in [0.3, 0.4) is 0 Å². The van der Waals surface area contributed by atoms with Crippen molar-refractivity contribution in [3.05, 3.63) is 35.9 Å². The van der Waals surface area contributed by atoms with Gasteiger partial charge in [0.1, 0.15) is 0 Å². The lowest BCUT2D eigenvalue weighted by atomic mass is 9.64. The van der Waals surface area contributed by atoms with Gasteiger partial charge in [0.15, 0.2) is 0 Å². The Kier molecular flexibility index (Phi) is 3.78. The molecule has 0 radical (unpaired) electrons. The second-order valence-electron chi connectivity index (χ2n) is 10.6. The molecule has 2 saturated carbocycles. The molecule has 1 aromatic carbocycles. The molecule has 26 heavy (non-hydrogen) atoms. The van der Waals surface area contributed by atoms with E-state index in [0.717, 1.165) is 5.56 Å².